The van der Waals surface area contributed by atoms with Crippen LogP contribution in [0.3, 0.4) is 0 Å². The van der Waals surface area contributed by atoms with Crippen molar-refractivity contribution in [1.82, 2.24) is 4.98 Å². The molecule has 1 heterocycles. The van der Waals surface area contributed by atoms with Crippen LogP contribution in [0.5, 0.6) is 0 Å². The summed E-state index contributed by atoms with van der Waals surface area (Å²) in [5.41, 5.74) is 4.87. The molecule has 7 aromatic rings. The molecule has 0 spiro atoms. The molecule has 7 rings (SSSR count). The second-order valence-electron chi connectivity index (χ2n) is 8.25. The summed E-state index contributed by atoms with van der Waals surface area (Å²) in [4.78, 5) is 3.66. The van der Waals surface area contributed by atoms with E-state index in [9.17, 15) is 0 Å². The lowest BCUT2D eigenvalue weighted by Gasteiger charge is -2.12. The highest BCUT2D eigenvalue weighted by Gasteiger charge is 2.12. The van der Waals surface area contributed by atoms with E-state index in [4.69, 9.17) is 0 Å². The first-order chi connectivity index (χ1) is 15.4. The molecule has 1 nitrogen and oxygen atoms in total. The summed E-state index contributed by atoms with van der Waals surface area (Å²) >= 11 is 0. The van der Waals surface area contributed by atoms with Crippen molar-refractivity contribution in [1.29, 1.82) is 0 Å². The molecule has 31 heavy (non-hydrogen) atoms. The SMILES string of the molecule is c1ccc2c(c1)[nH]c1c(-c3ccc4c5ccccc5c5ccccc5c4c3)cccc12. The molecule has 0 atom stereocenters. The van der Waals surface area contributed by atoms with Gasteiger partial charge in [-0.3, -0.25) is 0 Å². The van der Waals surface area contributed by atoms with E-state index in [1.165, 1.54) is 65.3 Å². The molecule has 0 radical (unpaired) electrons. The Balaban J connectivity index is 1.60. The number of aromatic nitrogens is 1. The maximum absolute atomic E-state index is 3.66. The van der Waals surface area contributed by atoms with Crippen molar-refractivity contribution >= 4 is 54.1 Å². The Morgan fingerprint density at radius 2 is 0.935 bits per heavy atom. The zero-order valence-electron chi connectivity index (χ0n) is 16.9. The fraction of sp³-hybridized carbons (Fsp3) is 0. The van der Waals surface area contributed by atoms with E-state index in [2.05, 4.69) is 114 Å². The van der Waals surface area contributed by atoms with E-state index in [-0.39, 0.29) is 0 Å². The average molecular weight is 393 g/mol. The van der Waals surface area contributed by atoms with Gasteiger partial charge >= 0.3 is 0 Å². The van der Waals surface area contributed by atoms with Crippen LogP contribution in [0.2, 0.25) is 0 Å². The van der Waals surface area contributed by atoms with Crippen LogP contribution in [-0.2, 0) is 0 Å². The van der Waals surface area contributed by atoms with Gasteiger partial charge in [0, 0.05) is 21.9 Å². The second-order valence-corrected chi connectivity index (χ2v) is 8.25. The van der Waals surface area contributed by atoms with Gasteiger partial charge in [-0.25, -0.2) is 0 Å². The number of hydrogen-bond donors (Lipinski definition) is 1. The smallest absolute Gasteiger partial charge is 0.0544 e. The predicted octanol–water partition coefficient (Wildman–Crippen LogP) is 8.45. The number of nitrogens with one attached hydrogen (secondary N) is 1. The highest BCUT2D eigenvalue weighted by atomic mass is 14.7. The summed E-state index contributed by atoms with van der Waals surface area (Å²) in [5, 5.41) is 10.4. The van der Waals surface area contributed by atoms with Crippen LogP contribution in [0.25, 0.3) is 65.3 Å². The molecule has 0 saturated carbocycles. The maximum atomic E-state index is 3.66. The highest BCUT2D eigenvalue weighted by Crippen LogP contribution is 2.39. The molecule has 0 aliphatic rings. The van der Waals surface area contributed by atoms with Gasteiger partial charge in [0.05, 0.1) is 5.52 Å². The molecule has 0 bridgehead atoms. The average Bonchev–Trinajstić information content (AvgIpc) is 3.23. The van der Waals surface area contributed by atoms with Gasteiger partial charge in [0.25, 0.3) is 0 Å². The maximum Gasteiger partial charge on any atom is 0.0544 e. The van der Waals surface area contributed by atoms with Crippen molar-refractivity contribution in [3.05, 3.63) is 109 Å². The van der Waals surface area contributed by atoms with Gasteiger partial charge in [-0.1, -0.05) is 97.1 Å². The number of rotatable bonds is 1. The number of benzene rings is 6. The van der Waals surface area contributed by atoms with Crippen LogP contribution in [0.15, 0.2) is 109 Å². The lowest BCUT2D eigenvalue weighted by Crippen LogP contribution is -1.85. The fourth-order valence-corrected chi connectivity index (χ4v) is 5.19. The van der Waals surface area contributed by atoms with Crippen molar-refractivity contribution in [2.75, 3.05) is 0 Å². The van der Waals surface area contributed by atoms with E-state index in [0.717, 1.165) is 0 Å². The molecule has 0 aliphatic carbocycles. The van der Waals surface area contributed by atoms with Gasteiger partial charge in [0.15, 0.2) is 0 Å². The first-order valence-electron chi connectivity index (χ1n) is 10.7. The van der Waals surface area contributed by atoms with Crippen LogP contribution >= 0.6 is 0 Å². The zero-order valence-corrected chi connectivity index (χ0v) is 16.9. The van der Waals surface area contributed by atoms with Gasteiger partial charge < -0.3 is 4.98 Å². The highest BCUT2D eigenvalue weighted by molar-refractivity contribution is 6.26. The Labute approximate surface area is 179 Å². The molecule has 0 fully saturated rings. The van der Waals surface area contributed by atoms with Gasteiger partial charge in [-0.15, -0.1) is 0 Å². The number of para-hydroxylation sites is 2. The number of fused-ring (bicyclic) bond motifs is 9. The molecule has 0 aliphatic heterocycles. The fourth-order valence-electron chi connectivity index (χ4n) is 5.19. The molecular formula is C30H19N. The first kappa shape index (κ1) is 16.7. The molecule has 0 saturated heterocycles. The zero-order chi connectivity index (χ0) is 20.4. The van der Waals surface area contributed by atoms with E-state index in [1.807, 2.05) is 0 Å². The van der Waals surface area contributed by atoms with E-state index in [0.29, 0.717) is 0 Å². The van der Waals surface area contributed by atoms with Crippen molar-refractivity contribution in [2.24, 2.45) is 0 Å². The second kappa shape index (κ2) is 6.20. The van der Waals surface area contributed by atoms with Crippen molar-refractivity contribution < 1.29 is 0 Å². The monoisotopic (exact) mass is 393 g/mol. The molecule has 6 aromatic carbocycles. The third kappa shape index (κ3) is 2.32. The summed E-state index contributed by atoms with van der Waals surface area (Å²) in [5.74, 6) is 0. The normalized spacial score (nSPS) is 11.9. The molecule has 1 heteroatoms. The van der Waals surface area contributed by atoms with Crippen LogP contribution in [0.4, 0.5) is 0 Å². The van der Waals surface area contributed by atoms with Gasteiger partial charge in [0.2, 0.25) is 0 Å². The van der Waals surface area contributed by atoms with E-state index >= 15 is 0 Å². The predicted molar refractivity (Wildman–Crippen MR) is 134 cm³/mol. The summed E-state index contributed by atoms with van der Waals surface area (Å²) < 4.78 is 0. The van der Waals surface area contributed by atoms with Gasteiger partial charge in [0.1, 0.15) is 0 Å². The van der Waals surface area contributed by atoms with Crippen LogP contribution < -0.4 is 0 Å². The molecule has 1 N–H and O–H groups in total. The van der Waals surface area contributed by atoms with Gasteiger partial charge in [-0.2, -0.15) is 0 Å². The lowest BCUT2D eigenvalue weighted by molar-refractivity contribution is 1.54. The van der Waals surface area contributed by atoms with Gasteiger partial charge in [-0.05, 0) is 50.0 Å². The van der Waals surface area contributed by atoms with Crippen LogP contribution in [0, 0.1) is 0 Å². The van der Waals surface area contributed by atoms with E-state index < -0.39 is 0 Å². The summed E-state index contributed by atoms with van der Waals surface area (Å²) in [6.45, 7) is 0. The Morgan fingerprint density at radius 3 is 1.65 bits per heavy atom. The van der Waals surface area contributed by atoms with Crippen molar-refractivity contribution in [2.45, 2.75) is 0 Å². The van der Waals surface area contributed by atoms with E-state index in [1.54, 1.807) is 0 Å². The summed E-state index contributed by atoms with van der Waals surface area (Å²) in [6.07, 6.45) is 0. The largest absolute Gasteiger partial charge is 0.354 e. The third-order valence-corrected chi connectivity index (χ3v) is 6.60. The summed E-state index contributed by atoms with van der Waals surface area (Å²) in [7, 11) is 0. The standard InChI is InChI=1S/C30H19N/c1-2-10-23-21(8-1)22-9-3-4-11-24(22)28-18-19(16-17-25(23)28)20-13-7-14-27-26-12-5-6-15-29(26)31-30(20)27/h1-18,31H. The number of hydrogen-bond acceptors (Lipinski definition) is 0. The topological polar surface area (TPSA) is 15.8 Å². The van der Waals surface area contributed by atoms with Crippen molar-refractivity contribution in [3.8, 4) is 11.1 Å². The summed E-state index contributed by atoms with van der Waals surface area (Å²) in [6, 6.07) is 39.6. The van der Waals surface area contributed by atoms with Crippen LogP contribution in [0.1, 0.15) is 0 Å². The first-order valence-corrected chi connectivity index (χ1v) is 10.7. The lowest BCUT2D eigenvalue weighted by atomic mass is 9.92. The molecular weight excluding hydrogens is 374 g/mol. The quantitative estimate of drug-likeness (QED) is 0.269. The Morgan fingerprint density at radius 1 is 0.387 bits per heavy atom. The molecule has 1 aromatic heterocycles. The Hall–Kier alpha value is -4.10. The number of H-pyrrole nitrogens is 1. The minimum absolute atomic E-state index is 1.18. The minimum atomic E-state index is 1.18. The van der Waals surface area contributed by atoms with Crippen LogP contribution in [-0.4, -0.2) is 4.98 Å². The number of aromatic amines is 1. The Kier molecular flexibility index (Phi) is 3.33. The minimum Gasteiger partial charge on any atom is -0.354 e. The molecule has 144 valence electrons. The molecule has 0 amide bonds. The Bertz CT molecular complexity index is 1750. The van der Waals surface area contributed by atoms with Crippen molar-refractivity contribution in [3.63, 3.8) is 0 Å². The third-order valence-electron chi connectivity index (χ3n) is 6.60. The molecule has 0 unspecified atom stereocenters.